The molecule has 4 rings (SSSR count). The van der Waals surface area contributed by atoms with Gasteiger partial charge in [-0.15, -0.1) is 0 Å². The summed E-state index contributed by atoms with van der Waals surface area (Å²) < 4.78 is 13.9. The van der Waals surface area contributed by atoms with Gasteiger partial charge in [0.1, 0.15) is 11.4 Å². The highest BCUT2D eigenvalue weighted by Gasteiger charge is 2.41. The summed E-state index contributed by atoms with van der Waals surface area (Å²) in [7, 11) is 1.67. The number of carbonyl (C=O) groups excluding carboxylic acids is 1. The van der Waals surface area contributed by atoms with Crippen molar-refractivity contribution in [1.29, 1.82) is 0 Å². The molecule has 2 aromatic carbocycles. The van der Waals surface area contributed by atoms with Gasteiger partial charge in [-0.2, -0.15) is 5.10 Å². The molecule has 1 aromatic heterocycles. The first-order valence-corrected chi connectivity index (χ1v) is 12.3. The van der Waals surface area contributed by atoms with Crippen molar-refractivity contribution in [2.45, 2.75) is 70.5 Å². The van der Waals surface area contributed by atoms with Crippen LogP contribution in [-0.2, 0) is 4.74 Å². The molecule has 1 N–H and O–H groups in total. The molecule has 186 valence electrons. The largest absolute Gasteiger partial charge is 0.494 e. The highest BCUT2D eigenvalue weighted by Crippen LogP contribution is 2.44. The molecule has 1 fully saturated rings. The van der Waals surface area contributed by atoms with Gasteiger partial charge in [0.2, 0.25) is 0 Å². The lowest BCUT2D eigenvalue weighted by molar-refractivity contribution is -0.162. The number of aromatic nitrogens is 2. The number of ketones is 1. The van der Waals surface area contributed by atoms with E-state index in [0.29, 0.717) is 18.4 Å². The van der Waals surface area contributed by atoms with E-state index in [4.69, 9.17) is 19.7 Å². The predicted octanol–water partition coefficient (Wildman–Crippen LogP) is 5.95. The Labute approximate surface area is 207 Å². The van der Waals surface area contributed by atoms with Gasteiger partial charge in [0.15, 0.2) is 5.78 Å². The van der Waals surface area contributed by atoms with Crippen molar-refractivity contribution in [3.63, 3.8) is 0 Å². The minimum Gasteiger partial charge on any atom is -0.494 e. The Balaban J connectivity index is 1.77. The summed E-state index contributed by atoms with van der Waals surface area (Å²) >= 11 is 0. The number of Topliss-reactive ketones (excluding diaryl/α,β-unsaturated/α-hetero) is 1. The zero-order chi connectivity index (χ0) is 25.2. The molecule has 3 aromatic rings. The average molecular weight is 477 g/mol. The van der Waals surface area contributed by atoms with Crippen molar-refractivity contribution >= 4 is 5.78 Å². The molecule has 0 radical (unpaired) electrons. The van der Waals surface area contributed by atoms with E-state index in [1.165, 1.54) is 0 Å². The maximum Gasteiger partial charge on any atom is 0.162 e. The Morgan fingerprint density at radius 1 is 1.09 bits per heavy atom. The van der Waals surface area contributed by atoms with Gasteiger partial charge in [-0.25, -0.2) is 4.68 Å². The number of benzene rings is 2. The topological polar surface area (TPSA) is 73.6 Å². The first-order chi connectivity index (χ1) is 16.6. The summed E-state index contributed by atoms with van der Waals surface area (Å²) in [6.07, 6.45) is 2.59. The van der Waals surface area contributed by atoms with Crippen molar-refractivity contribution in [1.82, 2.24) is 9.78 Å². The Morgan fingerprint density at radius 2 is 1.74 bits per heavy atom. The summed E-state index contributed by atoms with van der Waals surface area (Å²) in [5.74, 6) is 1.03. The number of hydrogen-bond donors (Lipinski definition) is 1. The summed E-state index contributed by atoms with van der Waals surface area (Å²) in [5.41, 5.74) is 3.98. The van der Waals surface area contributed by atoms with Gasteiger partial charge in [-0.1, -0.05) is 36.4 Å². The maximum absolute atomic E-state index is 12.4. The molecule has 1 aliphatic heterocycles. The van der Waals surface area contributed by atoms with Crippen LogP contribution >= 0.6 is 0 Å². The van der Waals surface area contributed by atoms with Crippen LogP contribution in [0.15, 0.2) is 54.6 Å². The lowest BCUT2D eigenvalue weighted by atomic mass is 9.79. The highest BCUT2D eigenvalue weighted by molar-refractivity contribution is 5.96. The molecule has 6 nitrogen and oxygen atoms in total. The van der Waals surface area contributed by atoms with Gasteiger partial charge in [-0.3, -0.25) is 4.79 Å². The molecule has 0 atom stereocenters. The monoisotopic (exact) mass is 476 g/mol. The average Bonchev–Trinajstić information content (AvgIpc) is 3.26. The molecular weight excluding hydrogens is 440 g/mol. The van der Waals surface area contributed by atoms with Gasteiger partial charge in [0.25, 0.3) is 0 Å². The molecule has 2 heterocycles. The third kappa shape index (κ3) is 5.65. The summed E-state index contributed by atoms with van der Waals surface area (Å²) in [4.78, 5) is 12.4. The first kappa shape index (κ1) is 25.1. The Morgan fingerprint density at radius 3 is 2.37 bits per heavy atom. The standard InChI is InChI=1S/C29H36N2O4/c1-28(2)18-22(19-29(3,4)35-28)23-17-25(31(30-23)24-9-6-7-11-27(24)34-5)20-12-14-21(15-13-20)26(33)10-8-16-32/h6-7,9,11-15,17,22,32H,8,10,16,18-19H2,1-5H3. The van der Waals surface area contributed by atoms with E-state index in [-0.39, 0.29) is 29.5 Å². The number of hydrogen-bond acceptors (Lipinski definition) is 5. The van der Waals surface area contributed by atoms with Crippen LogP contribution in [0, 0.1) is 0 Å². The molecule has 0 spiro atoms. The van der Waals surface area contributed by atoms with Gasteiger partial charge in [0.05, 0.1) is 29.7 Å². The van der Waals surface area contributed by atoms with E-state index in [9.17, 15) is 4.79 Å². The first-order valence-electron chi connectivity index (χ1n) is 12.3. The van der Waals surface area contributed by atoms with Crippen LogP contribution in [0.1, 0.15) is 75.3 Å². The minimum absolute atomic E-state index is 0.0184. The predicted molar refractivity (Wildman–Crippen MR) is 137 cm³/mol. The normalized spacial score (nSPS) is 17.3. The molecule has 1 aliphatic rings. The van der Waals surface area contributed by atoms with Crippen molar-refractivity contribution in [2.75, 3.05) is 13.7 Å². The summed E-state index contributed by atoms with van der Waals surface area (Å²) in [6.45, 7) is 8.60. The van der Waals surface area contributed by atoms with Crippen molar-refractivity contribution in [3.8, 4) is 22.7 Å². The van der Waals surface area contributed by atoms with Gasteiger partial charge >= 0.3 is 0 Å². The van der Waals surface area contributed by atoms with Crippen LogP contribution in [0.4, 0.5) is 0 Å². The van der Waals surface area contributed by atoms with Crippen molar-refractivity contribution < 1.29 is 19.4 Å². The summed E-state index contributed by atoms with van der Waals surface area (Å²) in [5, 5.41) is 14.1. The number of methoxy groups -OCH3 is 1. The van der Waals surface area contributed by atoms with Gasteiger partial charge < -0.3 is 14.6 Å². The number of nitrogens with zero attached hydrogens (tertiary/aromatic N) is 2. The molecule has 0 saturated carbocycles. The lowest BCUT2D eigenvalue weighted by Gasteiger charge is -2.45. The Bertz CT molecular complexity index is 1160. The third-order valence-corrected chi connectivity index (χ3v) is 6.55. The third-order valence-electron chi connectivity index (χ3n) is 6.55. The second-order valence-electron chi connectivity index (χ2n) is 10.6. The quantitative estimate of drug-likeness (QED) is 0.407. The second kappa shape index (κ2) is 9.96. The second-order valence-corrected chi connectivity index (χ2v) is 10.6. The lowest BCUT2D eigenvalue weighted by Crippen LogP contribution is -2.44. The van der Waals surface area contributed by atoms with E-state index < -0.39 is 0 Å². The van der Waals surface area contributed by atoms with Crippen LogP contribution in [0.25, 0.3) is 16.9 Å². The number of carbonyl (C=O) groups is 1. The van der Waals surface area contributed by atoms with E-state index in [2.05, 4.69) is 33.8 Å². The fourth-order valence-electron chi connectivity index (χ4n) is 5.30. The molecule has 0 unspecified atom stereocenters. The molecule has 0 aliphatic carbocycles. The number of ether oxygens (including phenoxy) is 2. The number of aliphatic hydroxyl groups is 1. The molecular formula is C29H36N2O4. The summed E-state index contributed by atoms with van der Waals surface area (Å²) in [6, 6.07) is 17.7. The van der Waals surface area contributed by atoms with E-state index in [1.54, 1.807) is 7.11 Å². The fraction of sp³-hybridized carbons (Fsp3) is 0.448. The fourth-order valence-corrected chi connectivity index (χ4v) is 5.30. The zero-order valence-corrected chi connectivity index (χ0v) is 21.4. The maximum atomic E-state index is 12.4. The smallest absolute Gasteiger partial charge is 0.162 e. The zero-order valence-electron chi connectivity index (χ0n) is 21.4. The van der Waals surface area contributed by atoms with Crippen molar-refractivity contribution in [3.05, 3.63) is 65.9 Å². The van der Waals surface area contributed by atoms with Crippen LogP contribution in [0.5, 0.6) is 5.75 Å². The van der Waals surface area contributed by atoms with E-state index >= 15 is 0 Å². The number of para-hydroxylation sites is 2. The molecule has 0 bridgehead atoms. The van der Waals surface area contributed by atoms with Crippen LogP contribution < -0.4 is 4.74 Å². The molecule has 1 saturated heterocycles. The van der Waals surface area contributed by atoms with E-state index in [0.717, 1.165) is 41.2 Å². The van der Waals surface area contributed by atoms with Crippen LogP contribution in [0.2, 0.25) is 0 Å². The van der Waals surface area contributed by atoms with Gasteiger partial charge in [-0.05, 0) is 65.2 Å². The Kier molecular flexibility index (Phi) is 7.15. The molecule has 6 heteroatoms. The number of aliphatic hydroxyl groups excluding tert-OH is 1. The van der Waals surface area contributed by atoms with E-state index in [1.807, 2.05) is 53.2 Å². The SMILES string of the molecule is COc1ccccc1-n1nc(C2CC(C)(C)OC(C)(C)C2)cc1-c1ccc(C(=O)CCCO)cc1. The van der Waals surface area contributed by atoms with Gasteiger partial charge in [0, 0.05) is 30.1 Å². The van der Waals surface area contributed by atoms with Crippen LogP contribution in [-0.4, -0.2) is 45.6 Å². The van der Waals surface area contributed by atoms with Crippen LogP contribution in [0.3, 0.4) is 0 Å². The highest BCUT2D eigenvalue weighted by atomic mass is 16.5. The Hall–Kier alpha value is -2.96. The minimum atomic E-state index is -0.239. The van der Waals surface area contributed by atoms with Crippen molar-refractivity contribution in [2.24, 2.45) is 0 Å². The molecule has 35 heavy (non-hydrogen) atoms. The molecule has 0 amide bonds. The number of rotatable bonds is 8.